The van der Waals surface area contributed by atoms with Crippen LogP contribution < -0.4 is 5.32 Å². The highest BCUT2D eigenvalue weighted by atomic mass is 32.2. The van der Waals surface area contributed by atoms with Crippen LogP contribution in [0.2, 0.25) is 0 Å². The molecule has 3 atom stereocenters. The number of amides is 1. The molecule has 15 heavy (non-hydrogen) atoms. The van der Waals surface area contributed by atoms with Crippen molar-refractivity contribution in [2.24, 2.45) is 5.41 Å². The van der Waals surface area contributed by atoms with Crippen LogP contribution >= 0.6 is 11.8 Å². The summed E-state index contributed by atoms with van der Waals surface area (Å²) in [5.41, 5.74) is -0.154. The van der Waals surface area contributed by atoms with E-state index in [1.165, 1.54) is 0 Å². The summed E-state index contributed by atoms with van der Waals surface area (Å²) in [6.07, 6.45) is 2.60. The van der Waals surface area contributed by atoms with E-state index < -0.39 is 0 Å². The molecule has 0 bridgehead atoms. The Morgan fingerprint density at radius 2 is 2.27 bits per heavy atom. The molecule has 1 amide bonds. The lowest BCUT2D eigenvalue weighted by atomic mass is 9.64. The summed E-state index contributed by atoms with van der Waals surface area (Å²) < 4.78 is 0. The van der Waals surface area contributed by atoms with Crippen molar-refractivity contribution in [2.45, 2.75) is 50.5 Å². The number of hydrogen-bond donors (Lipinski definition) is 2. The van der Waals surface area contributed by atoms with Crippen LogP contribution in [0.5, 0.6) is 0 Å². The zero-order valence-electron chi connectivity index (χ0n) is 9.32. The predicted molar refractivity (Wildman–Crippen MR) is 61.8 cm³/mol. The Hall–Kier alpha value is -0.220. The molecular weight excluding hydrogens is 210 g/mol. The molecule has 1 aliphatic heterocycles. The Morgan fingerprint density at radius 1 is 1.53 bits per heavy atom. The van der Waals surface area contributed by atoms with Gasteiger partial charge in [0.25, 0.3) is 0 Å². The van der Waals surface area contributed by atoms with Gasteiger partial charge in [-0.2, -0.15) is 0 Å². The minimum Gasteiger partial charge on any atom is -0.392 e. The molecule has 1 saturated carbocycles. The van der Waals surface area contributed by atoms with Gasteiger partial charge in [-0.1, -0.05) is 13.8 Å². The lowest BCUT2D eigenvalue weighted by Gasteiger charge is -2.49. The van der Waals surface area contributed by atoms with E-state index in [4.69, 9.17) is 0 Å². The summed E-state index contributed by atoms with van der Waals surface area (Å²) >= 11 is 1.75. The summed E-state index contributed by atoms with van der Waals surface area (Å²) in [7, 11) is 0. The van der Waals surface area contributed by atoms with Crippen molar-refractivity contribution >= 4 is 17.7 Å². The molecule has 0 aromatic heterocycles. The lowest BCUT2D eigenvalue weighted by Crippen LogP contribution is -2.62. The van der Waals surface area contributed by atoms with E-state index >= 15 is 0 Å². The summed E-state index contributed by atoms with van der Waals surface area (Å²) in [5, 5.41) is 12.8. The van der Waals surface area contributed by atoms with Gasteiger partial charge in [0.05, 0.1) is 11.4 Å². The molecule has 2 rings (SSSR count). The Labute approximate surface area is 95.0 Å². The van der Waals surface area contributed by atoms with Crippen molar-refractivity contribution in [3.63, 3.8) is 0 Å². The topological polar surface area (TPSA) is 49.3 Å². The minimum absolute atomic E-state index is 0.151. The average Bonchev–Trinajstić information content (AvgIpc) is 2.70. The second-order valence-corrected chi connectivity index (χ2v) is 6.45. The fourth-order valence-corrected chi connectivity index (χ4v) is 3.37. The van der Waals surface area contributed by atoms with Gasteiger partial charge >= 0.3 is 0 Å². The highest BCUT2D eigenvalue weighted by Gasteiger charge is 2.48. The molecule has 2 fully saturated rings. The Morgan fingerprint density at radius 3 is 2.73 bits per heavy atom. The Kier molecular flexibility index (Phi) is 2.99. The fourth-order valence-electron chi connectivity index (χ4n) is 2.20. The van der Waals surface area contributed by atoms with E-state index in [2.05, 4.69) is 5.32 Å². The smallest absolute Gasteiger partial charge is 0.233 e. The van der Waals surface area contributed by atoms with E-state index in [0.29, 0.717) is 6.42 Å². The van der Waals surface area contributed by atoms with Crippen molar-refractivity contribution in [3.8, 4) is 0 Å². The molecule has 1 aliphatic carbocycles. The third kappa shape index (κ3) is 2.02. The van der Waals surface area contributed by atoms with Crippen LogP contribution in [0.1, 0.15) is 33.1 Å². The first-order chi connectivity index (χ1) is 7.01. The maximum atomic E-state index is 11.8. The third-order valence-corrected chi connectivity index (χ3v) is 5.13. The van der Waals surface area contributed by atoms with Crippen molar-refractivity contribution < 1.29 is 9.90 Å². The Balaban J connectivity index is 1.85. The van der Waals surface area contributed by atoms with Crippen LogP contribution in [0, 0.1) is 5.41 Å². The largest absolute Gasteiger partial charge is 0.392 e. The number of thioether (sulfide) groups is 1. The van der Waals surface area contributed by atoms with Crippen molar-refractivity contribution in [1.82, 2.24) is 5.32 Å². The molecular formula is C11H19NO2S. The standard InChI is InChI=1S/C11H19NO2S/c1-11(2)8(6-9(11)13)12-10(14)7-4-3-5-15-7/h7-9,13H,3-6H2,1-2H3,(H,12,14). The quantitative estimate of drug-likeness (QED) is 0.747. The fraction of sp³-hybridized carbons (Fsp3) is 0.909. The number of nitrogens with one attached hydrogen (secondary N) is 1. The van der Waals surface area contributed by atoms with Gasteiger partial charge in [-0.05, 0) is 25.0 Å². The van der Waals surface area contributed by atoms with Gasteiger partial charge in [0, 0.05) is 11.5 Å². The Bertz CT molecular complexity index is 261. The molecule has 4 heteroatoms. The second kappa shape index (κ2) is 3.98. The molecule has 86 valence electrons. The normalized spacial score (nSPS) is 38.5. The first-order valence-corrected chi connectivity index (χ1v) is 6.66. The number of carbonyl (C=O) groups excluding carboxylic acids is 1. The van der Waals surface area contributed by atoms with Crippen LogP contribution in [0.15, 0.2) is 0 Å². The van der Waals surface area contributed by atoms with E-state index in [1.54, 1.807) is 11.8 Å². The number of carbonyl (C=O) groups is 1. The van der Waals surface area contributed by atoms with Crippen LogP contribution in [-0.2, 0) is 4.79 Å². The van der Waals surface area contributed by atoms with Crippen molar-refractivity contribution in [3.05, 3.63) is 0 Å². The van der Waals surface area contributed by atoms with Gasteiger partial charge in [0.2, 0.25) is 5.91 Å². The SMILES string of the molecule is CC1(C)C(O)CC1NC(=O)C1CCCS1. The number of aliphatic hydroxyl groups is 1. The monoisotopic (exact) mass is 229 g/mol. The van der Waals surface area contributed by atoms with Crippen LogP contribution in [0.4, 0.5) is 0 Å². The van der Waals surface area contributed by atoms with E-state index in [-0.39, 0.29) is 28.7 Å². The second-order valence-electron chi connectivity index (χ2n) is 5.14. The van der Waals surface area contributed by atoms with Gasteiger partial charge in [-0.25, -0.2) is 0 Å². The maximum absolute atomic E-state index is 11.8. The predicted octanol–water partition coefficient (Wildman–Crippen LogP) is 1.16. The van der Waals surface area contributed by atoms with Gasteiger partial charge in [0.15, 0.2) is 0 Å². The molecule has 1 saturated heterocycles. The average molecular weight is 229 g/mol. The number of rotatable bonds is 2. The van der Waals surface area contributed by atoms with E-state index in [1.807, 2.05) is 13.8 Å². The molecule has 1 heterocycles. The molecule has 3 nitrogen and oxygen atoms in total. The lowest BCUT2D eigenvalue weighted by molar-refractivity contribution is -0.128. The first kappa shape index (κ1) is 11.3. The summed E-state index contributed by atoms with van der Waals surface area (Å²) in [6.45, 7) is 4.02. The van der Waals surface area contributed by atoms with Crippen molar-refractivity contribution in [1.29, 1.82) is 0 Å². The summed E-state index contributed by atoms with van der Waals surface area (Å²) in [6, 6.07) is 0.154. The highest BCUT2D eigenvalue weighted by molar-refractivity contribution is 8.00. The van der Waals surface area contributed by atoms with Crippen LogP contribution in [-0.4, -0.2) is 34.2 Å². The first-order valence-electron chi connectivity index (χ1n) is 5.62. The molecule has 0 radical (unpaired) electrons. The van der Waals surface area contributed by atoms with Crippen LogP contribution in [0.25, 0.3) is 0 Å². The summed E-state index contributed by atoms with van der Waals surface area (Å²) in [5.74, 6) is 1.27. The number of aliphatic hydroxyl groups excluding tert-OH is 1. The zero-order chi connectivity index (χ0) is 11.1. The maximum Gasteiger partial charge on any atom is 0.233 e. The van der Waals surface area contributed by atoms with Crippen LogP contribution in [0.3, 0.4) is 0 Å². The van der Waals surface area contributed by atoms with Gasteiger partial charge in [-0.15, -0.1) is 11.8 Å². The third-order valence-electron chi connectivity index (χ3n) is 3.75. The van der Waals surface area contributed by atoms with E-state index in [9.17, 15) is 9.90 Å². The molecule has 0 aromatic rings. The van der Waals surface area contributed by atoms with Crippen molar-refractivity contribution in [2.75, 3.05) is 5.75 Å². The van der Waals surface area contributed by atoms with Gasteiger partial charge in [-0.3, -0.25) is 4.79 Å². The zero-order valence-corrected chi connectivity index (χ0v) is 10.1. The van der Waals surface area contributed by atoms with Gasteiger partial charge in [0.1, 0.15) is 0 Å². The minimum atomic E-state index is -0.265. The molecule has 0 aromatic carbocycles. The van der Waals surface area contributed by atoms with Gasteiger partial charge < -0.3 is 10.4 Å². The van der Waals surface area contributed by atoms with E-state index in [0.717, 1.165) is 18.6 Å². The molecule has 0 spiro atoms. The molecule has 3 unspecified atom stereocenters. The molecule has 2 N–H and O–H groups in total. The highest BCUT2D eigenvalue weighted by Crippen LogP contribution is 2.40. The molecule has 2 aliphatic rings. The summed E-state index contributed by atoms with van der Waals surface area (Å²) in [4.78, 5) is 11.8. The number of hydrogen-bond acceptors (Lipinski definition) is 3.